The highest BCUT2D eigenvalue weighted by Gasteiger charge is 2.05. The summed E-state index contributed by atoms with van der Waals surface area (Å²) < 4.78 is 5.12. The summed E-state index contributed by atoms with van der Waals surface area (Å²) in [5.41, 5.74) is 1.10. The van der Waals surface area contributed by atoms with Crippen LogP contribution >= 0.6 is 0 Å². The van der Waals surface area contributed by atoms with Gasteiger partial charge in [0.1, 0.15) is 11.6 Å². The van der Waals surface area contributed by atoms with Crippen molar-refractivity contribution in [3.8, 4) is 5.75 Å². The average Bonchev–Trinajstić information content (AvgIpc) is 2.39. The topological polar surface area (TPSA) is 72.3 Å². The fourth-order valence-electron chi connectivity index (χ4n) is 1.52. The number of hydrogen-bond donors (Lipinski definition) is 1. The zero-order valence-corrected chi connectivity index (χ0v) is 9.83. The van der Waals surface area contributed by atoms with Crippen LogP contribution in [0.4, 0.5) is 0 Å². The molecule has 1 aromatic heterocycles. The van der Waals surface area contributed by atoms with Crippen molar-refractivity contribution < 1.29 is 14.6 Å². The minimum Gasteiger partial charge on any atom is -0.497 e. The third kappa shape index (κ3) is 2.82. The van der Waals surface area contributed by atoms with Crippen LogP contribution in [0.2, 0.25) is 0 Å². The standard InChI is InChI=1S/C13H12N2O3/c1-18-11-4-2-3-9(5-11)6-12-14-7-10(8-15-12)13(16)17/h2-5,7-8H,6H2,1H3,(H,16,17). The normalized spacial score (nSPS) is 10.1. The fourth-order valence-corrected chi connectivity index (χ4v) is 1.52. The zero-order chi connectivity index (χ0) is 13.0. The highest BCUT2D eigenvalue weighted by molar-refractivity contribution is 5.86. The molecule has 0 aliphatic rings. The van der Waals surface area contributed by atoms with Gasteiger partial charge in [-0.3, -0.25) is 0 Å². The third-order valence-corrected chi connectivity index (χ3v) is 2.45. The number of benzene rings is 1. The second kappa shape index (κ2) is 5.27. The van der Waals surface area contributed by atoms with Crippen LogP contribution in [0, 0.1) is 0 Å². The van der Waals surface area contributed by atoms with E-state index in [1.165, 1.54) is 12.4 Å². The maximum atomic E-state index is 10.7. The molecule has 1 N–H and O–H groups in total. The second-order valence-electron chi connectivity index (χ2n) is 3.72. The minimum absolute atomic E-state index is 0.0874. The van der Waals surface area contributed by atoms with Gasteiger partial charge in [0, 0.05) is 18.8 Å². The Hall–Kier alpha value is -2.43. The van der Waals surface area contributed by atoms with E-state index in [1.54, 1.807) is 7.11 Å². The van der Waals surface area contributed by atoms with E-state index in [2.05, 4.69) is 9.97 Å². The average molecular weight is 244 g/mol. The Morgan fingerprint density at radius 3 is 2.67 bits per heavy atom. The van der Waals surface area contributed by atoms with Gasteiger partial charge in [0.2, 0.25) is 0 Å². The van der Waals surface area contributed by atoms with Gasteiger partial charge in [0.15, 0.2) is 0 Å². The Morgan fingerprint density at radius 2 is 2.06 bits per heavy atom. The molecule has 0 atom stereocenters. The number of hydrogen-bond acceptors (Lipinski definition) is 4. The SMILES string of the molecule is COc1cccc(Cc2ncc(C(=O)O)cn2)c1. The zero-order valence-electron chi connectivity index (χ0n) is 9.83. The molecule has 0 aliphatic heterocycles. The molecule has 92 valence electrons. The summed E-state index contributed by atoms with van der Waals surface area (Å²) in [5.74, 6) is 0.325. The number of methoxy groups -OCH3 is 1. The molecule has 2 rings (SSSR count). The third-order valence-electron chi connectivity index (χ3n) is 2.45. The van der Waals surface area contributed by atoms with Crippen molar-refractivity contribution in [1.29, 1.82) is 0 Å². The molecule has 0 saturated heterocycles. The second-order valence-corrected chi connectivity index (χ2v) is 3.72. The lowest BCUT2D eigenvalue weighted by atomic mass is 10.1. The van der Waals surface area contributed by atoms with Gasteiger partial charge in [0.05, 0.1) is 12.7 Å². The highest BCUT2D eigenvalue weighted by atomic mass is 16.5. The van der Waals surface area contributed by atoms with E-state index in [4.69, 9.17) is 9.84 Å². The molecule has 5 heteroatoms. The van der Waals surface area contributed by atoms with Gasteiger partial charge >= 0.3 is 5.97 Å². The van der Waals surface area contributed by atoms with Gasteiger partial charge in [0.25, 0.3) is 0 Å². The lowest BCUT2D eigenvalue weighted by molar-refractivity contribution is 0.0696. The number of nitrogens with zero attached hydrogens (tertiary/aromatic N) is 2. The van der Waals surface area contributed by atoms with Gasteiger partial charge in [-0.25, -0.2) is 14.8 Å². The Balaban J connectivity index is 2.15. The van der Waals surface area contributed by atoms with E-state index in [9.17, 15) is 4.79 Å². The molecule has 0 spiro atoms. The number of carbonyl (C=O) groups is 1. The van der Waals surface area contributed by atoms with Crippen molar-refractivity contribution in [2.45, 2.75) is 6.42 Å². The van der Waals surface area contributed by atoms with Crippen LogP contribution in [0.5, 0.6) is 5.75 Å². The molecule has 1 aromatic carbocycles. The minimum atomic E-state index is -1.03. The van der Waals surface area contributed by atoms with Crippen LogP contribution < -0.4 is 4.74 Å². The number of carboxylic acids is 1. The fraction of sp³-hybridized carbons (Fsp3) is 0.154. The maximum absolute atomic E-state index is 10.7. The number of carboxylic acid groups (broad SMARTS) is 1. The molecule has 0 amide bonds. The molecule has 18 heavy (non-hydrogen) atoms. The first-order valence-electron chi connectivity index (χ1n) is 5.36. The highest BCUT2D eigenvalue weighted by Crippen LogP contribution is 2.14. The summed E-state index contributed by atoms with van der Waals surface area (Å²) in [6.07, 6.45) is 3.16. The van der Waals surface area contributed by atoms with E-state index in [1.807, 2.05) is 24.3 Å². The predicted octanol–water partition coefficient (Wildman–Crippen LogP) is 1.77. The molecular weight excluding hydrogens is 232 g/mol. The van der Waals surface area contributed by atoms with Gasteiger partial charge in [-0.1, -0.05) is 12.1 Å². The number of aromatic carboxylic acids is 1. The molecule has 0 unspecified atom stereocenters. The van der Waals surface area contributed by atoms with Crippen LogP contribution in [-0.2, 0) is 6.42 Å². The molecular formula is C13H12N2O3. The van der Waals surface area contributed by atoms with Crippen molar-refractivity contribution in [3.05, 3.63) is 53.6 Å². The van der Waals surface area contributed by atoms with Gasteiger partial charge in [-0.2, -0.15) is 0 Å². The lowest BCUT2D eigenvalue weighted by Gasteiger charge is -2.03. The van der Waals surface area contributed by atoms with Crippen LogP contribution in [0.3, 0.4) is 0 Å². The molecule has 0 saturated carbocycles. The van der Waals surface area contributed by atoms with Crippen LogP contribution in [0.15, 0.2) is 36.7 Å². The largest absolute Gasteiger partial charge is 0.497 e. The van der Waals surface area contributed by atoms with Crippen LogP contribution in [0.25, 0.3) is 0 Å². The Morgan fingerprint density at radius 1 is 1.33 bits per heavy atom. The van der Waals surface area contributed by atoms with E-state index in [0.717, 1.165) is 11.3 Å². The first-order valence-corrected chi connectivity index (χ1v) is 5.36. The van der Waals surface area contributed by atoms with Crippen molar-refractivity contribution in [2.24, 2.45) is 0 Å². The predicted molar refractivity (Wildman–Crippen MR) is 64.8 cm³/mol. The number of aromatic nitrogens is 2. The Kier molecular flexibility index (Phi) is 3.52. The molecule has 0 bridgehead atoms. The molecule has 0 radical (unpaired) electrons. The number of ether oxygens (including phenoxy) is 1. The quantitative estimate of drug-likeness (QED) is 0.887. The molecule has 0 aliphatic carbocycles. The lowest BCUT2D eigenvalue weighted by Crippen LogP contribution is -2.02. The Labute approximate surface area is 104 Å². The summed E-state index contributed by atoms with van der Waals surface area (Å²) in [5, 5.41) is 8.74. The van der Waals surface area contributed by atoms with Crippen LogP contribution in [-0.4, -0.2) is 28.2 Å². The summed E-state index contributed by atoms with van der Waals surface area (Å²) in [6.45, 7) is 0. The van der Waals surface area contributed by atoms with Gasteiger partial charge in [-0.15, -0.1) is 0 Å². The van der Waals surface area contributed by atoms with Crippen molar-refractivity contribution in [1.82, 2.24) is 9.97 Å². The van der Waals surface area contributed by atoms with Crippen LogP contribution in [0.1, 0.15) is 21.7 Å². The molecule has 1 heterocycles. The summed E-state index contributed by atoms with van der Waals surface area (Å²) >= 11 is 0. The van der Waals surface area contributed by atoms with E-state index >= 15 is 0 Å². The molecule has 2 aromatic rings. The van der Waals surface area contributed by atoms with Crippen molar-refractivity contribution in [3.63, 3.8) is 0 Å². The molecule has 5 nitrogen and oxygen atoms in total. The summed E-state index contributed by atoms with van der Waals surface area (Å²) in [4.78, 5) is 18.7. The number of rotatable bonds is 4. The van der Waals surface area contributed by atoms with Gasteiger partial charge in [-0.05, 0) is 17.7 Å². The Bertz CT molecular complexity index is 552. The maximum Gasteiger partial charge on any atom is 0.338 e. The van der Waals surface area contributed by atoms with Crippen molar-refractivity contribution >= 4 is 5.97 Å². The smallest absolute Gasteiger partial charge is 0.338 e. The summed E-state index contributed by atoms with van der Waals surface area (Å²) in [6, 6.07) is 7.59. The van der Waals surface area contributed by atoms with Gasteiger partial charge < -0.3 is 9.84 Å². The summed E-state index contributed by atoms with van der Waals surface area (Å²) in [7, 11) is 1.61. The first kappa shape index (κ1) is 12.0. The van der Waals surface area contributed by atoms with E-state index < -0.39 is 5.97 Å². The van der Waals surface area contributed by atoms with Crippen molar-refractivity contribution in [2.75, 3.05) is 7.11 Å². The monoisotopic (exact) mass is 244 g/mol. The van der Waals surface area contributed by atoms with E-state index in [0.29, 0.717) is 12.2 Å². The molecule has 0 fully saturated rings. The van der Waals surface area contributed by atoms with E-state index in [-0.39, 0.29) is 5.56 Å². The first-order chi connectivity index (χ1) is 8.69.